The van der Waals surface area contributed by atoms with Crippen LogP contribution in [0.15, 0.2) is 30.6 Å². The summed E-state index contributed by atoms with van der Waals surface area (Å²) in [7, 11) is 0. The van der Waals surface area contributed by atoms with Crippen molar-refractivity contribution in [2.75, 3.05) is 18.2 Å². The van der Waals surface area contributed by atoms with Gasteiger partial charge in [0.2, 0.25) is 5.95 Å². The zero-order valence-corrected chi connectivity index (χ0v) is 11.8. The van der Waals surface area contributed by atoms with Gasteiger partial charge in [0, 0.05) is 6.20 Å². The Balaban J connectivity index is 2.34. The second-order valence-electron chi connectivity index (χ2n) is 3.92. The first kappa shape index (κ1) is 14.6. The summed E-state index contributed by atoms with van der Waals surface area (Å²) in [6.45, 7) is 3.69. The lowest BCUT2D eigenvalue weighted by molar-refractivity contribution is 0.138. The Morgan fingerprint density at radius 1 is 1.29 bits per heavy atom. The van der Waals surface area contributed by atoms with Gasteiger partial charge in [-0.3, -0.25) is 4.40 Å². The molecular formula is C13H16N4O4. The lowest BCUT2D eigenvalue weighted by Crippen LogP contribution is -2.48. The zero-order valence-electron chi connectivity index (χ0n) is 11.8. The summed E-state index contributed by atoms with van der Waals surface area (Å²) < 4.78 is 11.3. The highest BCUT2D eigenvalue weighted by atomic mass is 16.6. The van der Waals surface area contributed by atoms with E-state index in [1.807, 2.05) is 12.1 Å². The second kappa shape index (κ2) is 6.60. The first-order valence-corrected chi connectivity index (χ1v) is 6.49. The number of carbonyl (C=O) groups excluding carboxylic acids is 2. The van der Waals surface area contributed by atoms with Gasteiger partial charge in [0.25, 0.3) is 0 Å². The van der Waals surface area contributed by atoms with Crippen molar-refractivity contribution in [1.82, 2.24) is 14.8 Å². The Kier molecular flexibility index (Phi) is 4.60. The van der Waals surface area contributed by atoms with E-state index in [4.69, 9.17) is 9.47 Å². The highest BCUT2D eigenvalue weighted by Crippen LogP contribution is 2.15. The molecule has 2 amide bonds. The minimum atomic E-state index is -0.766. The first-order chi connectivity index (χ1) is 10.2. The fourth-order valence-electron chi connectivity index (χ4n) is 1.72. The summed E-state index contributed by atoms with van der Waals surface area (Å²) in [6, 6.07) is 5.45. The number of nitrogens with zero attached hydrogens (tertiary/aromatic N) is 3. The van der Waals surface area contributed by atoms with Crippen molar-refractivity contribution >= 4 is 23.7 Å². The van der Waals surface area contributed by atoms with Crippen molar-refractivity contribution < 1.29 is 19.1 Å². The minimum Gasteiger partial charge on any atom is -0.449 e. The third-order valence-corrected chi connectivity index (χ3v) is 2.55. The molecule has 8 nitrogen and oxygen atoms in total. The van der Waals surface area contributed by atoms with E-state index in [-0.39, 0.29) is 19.2 Å². The van der Waals surface area contributed by atoms with Crippen molar-refractivity contribution in [3.05, 3.63) is 30.6 Å². The molecule has 0 aliphatic rings. The number of nitrogens with one attached hydrogen (secondary N) is 1. The summed E-state index contributed by atoms with van der Waals surface area (Å²) in [6.07, 6.45) is 1.78. The van der Waals surface area contributed by atoms with Crippen LogP contribution in [0.25, 0.3) is 5.52 Å². The Labute approximate surface area is 121 Å². The van der Waals surface area contributed by atoms with Crippen LogP contribution in [-0.4, -0.2) is 34.8 Å². The van der Waals surface area contributed by atoms with Crippen molar-refractivity contribution in [3.63, 3.8) is 0 Å². The van der Waals surface area contributed by atoms with Gasteiger partial charge >= 0.3 is 12.2 Å². The molecule has 21 heavy (non-hydrogen) atoms. The van der Waals surface area contributed by atoms with Crippen LogP contribution in [0.3, 0.4) is 0 Å². The molecule has 0 unspecified atom stereocenters. The molecule has 0 bridgehead atoms. The molecule has 1 N–H and O–H groups in total. The van der Waals surface area contributed by atoms with Crippen LogP contribution in [0.5, 0.6) is 0 Å². The van der Waals surface area contributed by atoms with E-state index in [2.05, 4.69) is 10.4 Å². The number of hydrogen-bond acceptors (Lipinski definition) is 5. The van der Waals surface area contributed by atoms with Gasteiger partial charge in [-0.2, -0.15) is 0 Å². The highest BCUT2D eigenvalue weighted by molar-refractivity contribution is 5.89. The predicted molar refractivity (Wildman–Crippen MR) is 74.9 cm³/mol. The average Bonchev–Trinajstić information content (AvgIpc) is 2.89. The first-order valence-electron chi connectivity index (χ1n) is 6.49. The number of aromatic nitrogens is 2. The lowest BCUT2D eigenvalue weighted by Gasteiger charge is -2.20. The molecule has 0 aromatic carbocycles. The Hall–Kier alpha value is -2.77. The average molecular weight is 292 g/mol. The summed E-state index contributed by atoms with van der Waals surface area (Å²) in [5.74, 6) is 0.206. The molecule has 2 rings (SSSR count). The Morgan fingerprint density at radius 3 is 2.76 bits per heavy atom. The van der Waals surface area contributed by atoms with E-state index in [1.54, 1.807) is 36.7 Å². The van der Waals surface area contributed by atoms with E-state index in [9.17, 15) is 9.59 Å². The Bertz CT molecular complexity index is 640. The quantitative estimate of drug-likeness (QED) is 0.874. The highest BCUT2D eigenvalue weighted by Gasteiger charge is 2.24. The van der Waals surface area contributed by atoms with Gasteiger partial charge in [-0.25, -0.2) is 20.0 Å². The summed E-state index contributed by atoms with van der Waals surface area (Å²) in [5, 5.41) is 0.911. The van der Waals surface area contributed by atoms with Gasteiger partial charge in [-0.15, -0.1) is 5.01 Å². The number of anilines is 1. The summed E-state index contributed by atoms with van der Waals surface area (Å²) in [5.41, 5.74) is 3.08. The molecule has 0 radical (unpaired) electrons. The Morgan fingerprint density at radius 2 is 2.05 bits per heavy atom. The number of ether oxygens (including phenoxy) is 2. The molecule has 0 aliphatic heterocycles. The number of pyridine rings is 1. The van der Waals surface area contributed by atoms with E-state index in [1.165, 1.54) is 0 Å². The van der Waals surface area contributed by atoms with Crippen molar-refractivity contribution in [2.45, 2.75) is 13.8 Å². The largest absolute Gasteiger partial charge is 0.449 e. The SMILES string of the molecule is CCOC(=O)NN(C(=O)OCC)c1ncc2ccccn12. The van der Waals surface area contributed by atoms with Gasteiger partial charge in [0.05, 0.1) is 24.9 Å². The fourth-order valence-corrected chi connectivity index (χ4v) is 1.72. The second-order valence-corrected chi connectivity index (χ2v) is 3.92. The number of rotatable bonds is 3. The summed E-state index contributed by atoms with van der Waals surface area (Å²) >= 11 is 0. The molecule has 0 spiro atoms. The molecule has 2 aromatic heterocycles. The molecule has 0 aliphatic carbocycles. The van der Waals surface area contributed by atoms with Gasteiger partial charge in [-0.05, 0) is 26.0 Å². The van der Waals surface area contributed by atoms with Crippen LogP contribution in [0.2, 0.25) is 0 Å². The molecule has 0 saturated carbocycles. The van der Waals surface area contributed by atoms with Crippen molar-refractivity contribution in [1.29, 1.82) is 0 Å². The van der Waals surface area contributed by atoms with Crippen molar-refractivity contribution in [2.24, 2.45) is 0 Å². The minimum absolute atomic E-state index is 0.170. The van der Waals surface area contributed by atoms with E-state index < -0.39 is 12.2 Å². The topological polar surface area (TPSA) is 85.2 Å². The molecular weight excluding hydrogens is 276 g/mol. The monoisotopic (exact) mass is 292 g/mol. The van der Waals surface area contributed by atoms with Gasteiger partial charge < -0.3 is 9.47 Å². The van der Waals surface area contributed by atoms with Gasteiger partial charge in [0.1, 0.15) is 0 Å². The smallest absolute Gasteiger partial charge is 0.436 e. The molecule has 2 aromatic rings. The predicted octanol–water partition coefficient (Wildman–Crippen LogP) is 1.96. The van der Waals surface area contributed by atoms with Crippen LogP contribution in [-0.2, 0) is 9.47 Å². The number of fused-ring (bicyclic) bond motifs is 1. The van der Waals surface area contributed by atoms with Gasteiger partial charge in [0.15, 0.2) is 0 Å². The van der Waals surface area contributed by atoms with Crippen LogP contribution >= 0.6 is 0 Å². The van der Waals surface area contributed by atoms with Crippen molar-refractivity contribution in [3.8, 4) is 0 Å². The van der Waals surface area contributed by atoms with E-state index >= 15 is 0 Å². The molecule has 2 heterocycles. The number of imidazole rings is 1. The summed E-state index contributed by atoms with van der Waals surface area (Å²) in [4.78, 5) is 27.7. The maximum absolute atomic E-state index is 12.0. The van der Waals surface area contributed by atoms with E-state index in [0.717, 1.165) is 10.5 Å². The standard InChI is InChI=1S/C13H16N4O4/c1-3-20-12(18)15-17(13(19)21-4-2)11-14-9-10-7-5-6-8-16(10)11/h5-9H,3-4H2,1-2H3,(H,15,18). The third-order valence-electron chi connectivity index (χ3n) is 2.55. The van der Waals surface area contributed by atoms with Crippen LogP contribution in [0.4, 0.5) is 15.5 Å². The number of carbonyl (C=O) groups is 2. The molecule has 0 saturated heterocycles. The molecule has 112 valence electrons. The normalized spacial score (nSPS) is 10.2. The van der Waals surface area contributed by atoms with Crippen LogP contribution in [0.1, 0.15) is 13.8 Å². The maximum Gasteiger partial charge on any atom is 0.436 e. The lowest BCUT2D eigenvalue weighted by atomic mass is 10.4. The molecule has 0 fully saturated rings. The third kappa shape index (κ3) is 3.22. The molecule has 0 atom stereocenters. The number of hydrogen-bond donors (Lipinski definition) is 1. The van der Waals surface area contributed by atoms with Crippen LogP contribution in [0, 0.1) is 0 Å². The fraction of sp³-hybridized carbons (Fsp3) is 0.308. The zero-order chi connectivity index (χ0) is 15.2. The number of amides is 2. The van der Waals surface area contributed by atoms with Gasteiger partial charge in [-0.1, -0.05) is 6.07 Å². The maximum atomic E-state index is 12.0. The number of hydrazine groups is 1. The van der Waals surface area contributed by atoms with Crippen LogP contribution < -0.4 is 10.4 Å². The van der Waals surface area contributed by atoms with E-state index in [0.29, 0.717) is 0 Å². The molecule has 8 heteroatoms.